The fourth-order valence-electron chi connectivity index (χ4n) is 7.70. The Labute approximate surface area is 297 Å². The van der Waals surface area contributed by atoms with Crippen LogP contribution in [0.5, 0.6) is 0 Å². The van der Waals surface area contributed by atoms with Crippen molar-refractivity contribution in [2.24, 2.45) is 0 Å². The molecule has 3 aliphatic rings. The van der Waals surface area contributed by atoms with Gasteiger partial charge in [0.1, 0.15) is 12.1 Å². The molecule has 3 aromatic carbocycles. The number of rotatable bonds is 8. The quantitative estimate of drug-likeness (QED) is 0.172. The summed E-state index contributed by atoms with van der Waals surface area (Å²) in [6, 6.07) is 13.5. The van der Waals surface area contributed by atoms with Crippen molar-refractivity contribution in [3.05, 3.63) is 94.8 Å². The molecular weight excluding hydrogens is 705 g/mol. The number of nitrogens with one attached hydrogen (secondary N) is 1. The summed E-state index contributed by atoms with van der Waals surface area (Å²) in [5.74, 6) is -1.78. The number of fused-ring (bicyclic) bond motifs is 2. The minimum Gasteiger partial charge on any atom is -0.339 e. The van der Waals surface area contributed by atoms with Crippen LogP contribution in [0, 0.1) is 6.57 Å². The van der Waals surface area contributed by atoms with Crippen molar-refractivity contribution in [2.75, 3.05) is 32.7 Å². The van der Waals surface area contributed by atoms with E-state index in [1.165, 1.54) is 34.1 Å². The van der Waals surface area contributed by atoms with Gasteiger partial charge in [-0.3, -0.25) is 23.8 Å². The number of likely N-dealkylation sites (tertiary alicyclic amines) is 1. The van der Waals surface area contributed by atoms with E-state index in [-0.39, 0.29) is 42.4 Å². The molecule has 0 aromatic heterocycles. The summed E-state index contributed by atoms with van der Waals surface area (Å²) in [7, 11) is -5.86. The maximum absolute atomic E-state index is 14.5. The number of amides is 3. The van der Waals surface area contributed by atoms with Crippen molar-refractivity contribution < 1.29 is 46.3 Å². The van der Waals surface area contributed by atoms with Gasteiger partial charge in [-0.05, 0) is 60.2 Å². The van der Waals surface area contributed by atoms with Crippen LogP contribution in [0.3, 0.4) is 0 Å². The molecule has 0 saturated carbocycles. The Balaban J connectivity index is 1.24. The Bertz CT molecular complexity index is 1920. The van der Waals surface area contributed by atoms with Crippen LogP contribution in [0.4, 0.5) is 17.6 Å². The van der Waals surface area contributed by atoms with Crippen molar-refractivity contribution in [3.63, 3.8) is 0 Å². The van der Waals surface area contributed by atoms with E-state index in [4.69, 9.17) is 6.57 Å². The van der Waals surface area contributed by atoms with Crippen LogP contribution in [0.25, 0.3) is 15.6 Å². The van der Waals surface area contributed by atoms with Crippen LogP contribution in [0.1, 0.15) is 53.1 Å². The summed E-state index contributed by atoms with van der Waals surface area (Å²) in [6.07, 6.45) is -1.02. The second-order valence-electron chi connectivity index (χ2n) is 13.6. The molecule has 16 heteroatoms. The lowest BCUT2D eigenvalue weighted by molar-refractivity contribution is -0.148. The highest BCUT2D eigenvalue weighted by Crippen LogP contribution is 2.59. The second kappa shape index (κ2) is 14.9. The monoisotopic (exact) mass is 743 g/mol. The minimum absolute atomic E-state index is 0.0490. The summed E-state index contributed by atoms with van der Waals surface area (Å²) in [6.45, 7) is 7.69. The molecule has 3 aromatic rings. The van der Waals surface area contributed by atoms with Gasteiger partial charge in [-0.1, -0.05) is 48.5 Å². The molecule has 276 valence electrons. The topological polar surface area (TPSA) is 135 Å². The number of alkyl halides is 4. The largest absolute Gasteiger partial charge is 0.399 e. The molecule has 3 N–H and O–H groups in total. The molecule has 0 radical (unpaired) electrons. The lowest BCUT2D eigenvalue weighted by atomic mass is 9.85. The van der Waals surface area contributed by atoms with Gasteiger partial charge in [0.2, 0.25) is 17.9 Å². The average Bonchev–Trinajstić information content (AvgIpc) is 3.54. The second-order valence-corrected chi connectivity index (χ2v) is 15.3. The lowest BCUT2D eigenvalue weighted by Gasteiger charge is -2.40. The van der Waals surface area contributed by atoms with E-state index in [1.807, 2.05) is 30.3 Å². The summed E-state index contributed by atoms with van der Waals surface area (Å²) < 4.78 is 67.5. The van der Waals surface area contributed by atoms with Gasteiger partial charge in [0.25, 0.3) is 12.3 Å². The van der Waals surface area contributed by atoms with Crippen molar-refractivity contribution in [2.45, 2.75) is 67.9 Å². The molecule has 0 aliphatic carbocycles. The third kappa shape index (κ3) is 7.57. The Morgan fingerprint density at radius 3 is 2.38 bits per heavy atom. The maximum atomic E-state index is 14.5. The van der Waals surface area contributed by atoms with E-state index >= 15 is 0 Å². The third-order valence-corrected chi connectivity index (χ3v) is 11.4. The first-order chi connectivity index (χ1) is 24.7. The molecule has 11 nitrogen and oxygen atoms in total. The van der Waals surface area contributed by atoms with Crippen molar-refractivity contribution in [3.8, 4) is 0 Å². The van der Waals surface area contributed by atoms with Gasteiger partial charge in [-0.15, -0.1) is 0 Å². The van der Waals surface area contributed by atoms with Crippen LogP contribution in [0.2, 0.25) is 0 Å². The Morgan fingerprint density at radius 2 is 1.69 bits per heavy atom. The van der Waals surface area contributed by atoms with E-state index in [9.17, 15) is 46.3 Å². The molecule has 0 bridgehead atoms. The minimum atomic E-state index is -5.86. The number of halogens is 4. The number of carbonyl (C=O) groups is 3. The summed E-state index contributed by atoms with van der Waals surface area (Å²) in [4.78, 5) is 68.7. The van der Waals surface area contributed by atoms with Crippen LogP contribution in [-0.4, -0.2) is 106 Å². The number of hydrogen-bond acceptors (Lipinski definition) is 5. The number of hydrogen-bond donors (Lipinski definition) is 3. The molecular formula is C36H38F4N5O6P. The van der Waals surface area contributed by atoms with E-state index in [0.29, 0.717) is 37.6 Å². The molecule has 6 rings (SSSR count). The van der Waals surface area contributed by atoms with Crippen molar-refractivity contribution >= 4 is 36.1 Å². The summed E-state index contributed by atoms with van der Waals surface area (Å²) in [5.41, 5.74) is -4.48. The maximum Gasteiger partial charge on any atom is 0.399 e. The first-order valence-electron chi connectivity index (χ1n) is 17.0. The standard InChI is InChI=1S/C36H38F4N5O6P/c1-41-29-20-44(16-14-28(29)23-5-3-2-4-6-23)35(48)31-12-11-27-13-15-43(21-32(37)38)19-30(34(47)45(27)31)42-33(46)24-8-7-22-9-10-26(18-25(22)17-24)36(39,40)52(49,50)51/h2-10,17-18,27-32H,11-16,19-21H2,(H,42,46)(H2,49,50,51)/t27-,28-,29+,30+,31+/m1/s1. The number of benzene rings is 3. The lowest BCUT2D eigenvalue weighted by Crippen LogP contribution is -2.61. The first kappa shape index (κ1) is 37.4. The molecule has 3 saturated heterocycles. The predicted molar refractivity (Wildman–Crippen MR) is 183 cm³/mol. The highest BCUT2D eigenvalue weighted by Gasteiger charge is 2.51. The molecule has 52 heavy (non-hydrogen) atoms. The summed E-state index contributed by atoms with van der Waals surface area (Å²) >= 11 is 0. The van der Waals surface area contributed by atoms with Crippen LogP contribution < -0.4 is 5.32 Å². The number of nitrogens with zero attached hydrogens (tertiary/aromatic N) is 4. The van der Waals surface area contributed by atoms with Gasteiger partial charge < -0.3 is 29.7 Å². The van der Waals surface area contributed by atoms with Gasteiger partial charge in [-0.25, -0.2) is 15.4 Å². The van der Waals surface area contributed by atoms with Crippen LogP contribution in [0.15, 0.2) is 66.7 Å². The van der Waals surface area contributed by atoms with E-state index in [1.54, 1.807) is 4.90 Å². The Hall–Kier alpha value is -4.35. The normalized spacial score (nSPS) is 24.7. The van der Waals surface area contributed by atoms with E-state index in [2.05, 4.69) is 10.2 Å². The number of piperidine rings is 1. The van der Waals surface area contributed by atoms with Gasteiger partial charge >= 0.3 is 13.3 Å². The Morgan fingerprint density at radius 1 is 0.962 bits per heavy atom. The molecule has 3 heterocycles. The van der Waals surface area contributed by atoms with Crippen molar-refractivity contribution in [1.29, 1.82) is 0 Å². The fraction of sp³-hybridized carbons (Fsp3) is 0.444. The zero-order valence-electron chi connectivity index (χ0n) is 28.0. The average molecular weight is 744 g/mol. The molecule has 3 aliphatic heterocycles. The molecule has 5 atom stereocenters. The highest BCUT2D eigenvalue weighted by molar-refractivity contribution is 7.52. The van der Waals surface area contributed by atoms with Gasteiger partial charge in [0, 0.05) is 36.8 Å². The van der Waals surface area contributed by atoms with E-state index < -0.39 is 67.8 Å². The van der Waals surface area contributed by atoms with E-state index in [0.717, 1.165) is 17.7 Å². The fourth-order valence-corrected chi connectivity index (χ4v) is 8.17. The number of carbonyl (C=O) groups excluding carboxylic acids is 3. The van der Waals surface area contributed by atoms with Crippen LogP contribution in [-0.2, 0) is 19.8 Å². The smallest absolute Gasteiger partial charge is 0.339 e. The van der Waals surface area contributed by atoms with Crippen molar-refractivity contribution in [1.82, 2.24) is 20.0 Å². The zero-order valence-corrected chi connectivity index (χ0v) is 28.8. The Kier molecular flexibility index (Phi) is 10.8. The predicted octanol–water partition coefficient (Wildman–Crippen LogP) is 4.80. The SMILES string of the molecule is [C-]#[N+][C@H]1CN(C(=O)[C@@H]2CC[C@@H]3CCN(CC(F)F)C[C@H](NC(=O)c4ccc5ccc(C(F)(F)P(=O)(O)O)cc5c4)C(=O)N32)CC[C@@H]1c1ccccc1. The van der Waals surface area contributed by atoms with Crippen LogP contribution >= 0.6 is 7.60 Å². The molecule has 3 fully saturated rings. The third-order valence-electron chi connectivity index (χ3n) is 10.4. The van der Waals surface area contributed by atoms with Gasteiger partial charge in [0.05, 0.1) is 19.0 Å². The molecule has 0 spiro atoms. The summed E-state index contributed by atoms with van der Waals surface area (Å²) in [5, 5.41) is 3.09. The van der Waals surface area contributed by atoms with Gasteiger partial charge in [0.15, 0.2) is 0 Å². The molecule has 3 amide bonds. The zero-order chi connectivity index (χ0) is 37.4. The first-order valence-corrected chi connectivity index (χ1v) is 18.6. The highest BCUT2D eigenvalue weighted by atomic mass is 31.2. The van der Waals surface area contributed by atoms with Gasteiger partial charge in [-0.2, -0.15) is 8.78 Å². The molecule has 0 unspecified atom stereocenters.